The first-order valence-electron chi connectivity index (χ1n) is 7.36. The van der Waals surface area contributed by atoms with Gasteiger partial charge in [0.2, 0.25) is 6.41 Å². The van der Waals surface area contributed by atoms with Crippen LogP contribution in [0.1, 0.15) is 5.56 Å². The lowest BCUT2D eigenvalue weighted by molar-refractivity contribution is -0.118. The van der Waals surface area contributed by atoms with Crippen LogP contribution in [-0.2, 0) is 11.3 Å². The van der Waals surface area contributed by atoms with E-state index in [1.807, 2.05) is 4.90 Å². The normalized spacial score (nSPS) is 15.0. The Kier molecular flexibility index (Phi) is 4.10. The van der Waals surface area contributed by atoms with Gasteiger partial charge < -0.3 is 15.1 Å². The predicted molar refractivity (Wildman–Crippen MR) is 84.9 cm³/mol. The van der Waals surface area contributed by atoms with E-state index in [1.165, 1.54) is 12.1 Å². The van der Waals surface area contributed by atoms with Crippen molar-refractivity contribution >= 4 is 17.8 Å². The van der Waals surface area contributed by atoms with Crippen LogP contribution in [0.5, 0.6) is 0 Å². The summed E-state index contributed by atoms with van der Waals surface area (Å²) in [6, 6.07) is 6.05. The number of piperazine rings is 1. The largest absolute Gasteiger partial charge is 0.376 e. The van der Waals surface area contributed by atoms with Crippen molar-refractivity contribution in [1.29, 1.82) is 0 Å². The molecule has 2 aromatic carbocycles. The Hall–Kier alpha value is -2.70. The van der Waals surface area contributed by atoms with Crippen LogP contribution in [0.25, 0.3) is 0 Å². The van der Waals surface area contributed by atoms with Gasteiger partial charge >= 0.3 is 0 Å². The maximum Gasteiger partial charge on any atom is 0.253 e. The molecular weight excluding hydrogens is 301 g/mol. The second kappa shape index (κ2) is 6.20. The summed E-state index contributed by atoms with van der Waals surface area (Å²) in [5, 5.41) is 2.93. The van der Waals surface area contributed by atoms with Gasteiger partial charge in [-0.05, 0) is 17.7 Å². The van der Waals surface area contributed by atoms with Gasteiger partial charge in [-0.15, -0.1) is 0 Å². The first-order valence-corrected chi connectivity index (χ1v) is 7.36. The smallest absolute Gasteiger partial charge is 0.253 e. The first-order chi connectivity index (χ1) is 11.1. The molecule has 1 N–H and O–H groups in total. The molecule has 2 aromatic rings. The monoisotopic (exact) mass is 317 g/mol. The van der Waals surface area contributed by atoms with Crippen molar-refractivity contribution in [3.63, 3.8) is 0 Å². The highest BCUT2D eigenvalue weighted by atomic mass is 19.1. The topological polar surface area (TPSA) is 69.7 Å². The molecule has 0 atom stereocenters. The molecule has 1 fully saturated rings. The molecule has 0 radical (unpaired) electrons. The number of benzene rings is 1. The minimum Gasteiger partial charge on any atom is -0.376 e. The van der Waals surface area contributed by atoms with Crippen molar-refractivity contribution in [2.45, 2.75) is 6.54 Å². The van der Waals surface area contributed by atoms with Gasteiger partial charge in [0.15, 0.2) is 0 Å². The van der Waals surface area contributed by atoms with E-state index in [0.717, 1.165) is 6.41 Å². The average molecular weight is 317 g/mol. The summed E-state index contributed by atoms with van der Waals surface area (Å²) < 4.78 is 13.2. The first kappa shape index (κ1) is 15.2. The molecule has 1 heterocycles. The summed E-state index contributed by atoms with van der Waals surface area (Å²) in [5.41, 5.74) is 0.283. The number of amides is 1. The zero-order valence-electron chi connectivity index (χ0n) is 12.4. The molecule has 0 saturated carbocycles. The molecule has 6 nitrogen and oxygen atoms in total. The van der Waals surface area contributed by atoms with E-state index in [2.05, 4.69) is 5.32 Å². The molecule has 1 amide bonds. The second-order valence-corrected chi connectivity index (χ2v) is 5.49. The molecule has 1 aliphatic rings. The van der Waals surface area contributed by atoms with Gasteiger partial charge in [-0.2, -0.15) is 0 Å². The quantitative estimate of drug-likeness (QED) is 0.635. The average Bonchev–Trinajstić information content (AvgIpc) is 2.58. The lowest BCUT2D eigenvalue weighted by Crippen LogP contribution is -2.51. The number of hydrogen-bond donors (Lipinski definition) is 1. The van der Waals surface area contributed by atoms with Crippen molar-refractivity contribution in [2.24, 2.45) is 0 Å². The molecule has 0 aliphatic carbocycles. The summed E-state index contributed by atoms with van der Waals surface area (Å²) in [6.45, 7) is 2.33. The summed E-state index contributed by atoms with van der Waals surface area (Å²) in [4.78, 5) is 37.8. The molecule has 120 valence electrons. The zero-order chi connectivity index (χ0) is 16.4. The third kappa shape index (κ3) is 2.94. The van der Waals surface area contributed by atoms with Crippen molar-refractivity contribution < 1.29 is 9.18 Å². The standard InChI is InChI=1S/C16H16FN3O3/c17-12-3-1-2-11(8-12)9-18-13-14(16(23)15(13)22)20-6-4-19(10-21)5-7-20/h1-3,8,10,18H,4-7,9H2. The summed E-state index contributed by atoms with van der Waals surface area (Å²) >= 11 is 0. The van der Waals surface area contributed by atoms with E-state index in [-0.39, 0.29) is 18.0 Å². The Balaban J connectivity index is 1.72. The van der Waals surface area contributed by atoms with Crippen LogP contribution in [0.2, 0.25) is 0 Å². The Bertz CT molecular complexity index is 790. The van der Waals surface area contributed by atoms with Crippen molar-refractivity contribution in [1.82, 2.24) is 4.90 Å². The van der Waals surface area contributed by atoms with E-state index in [9.17, 15) is 18.8 Å². The van der Waals surface area contributed by atoms with Gasteiger partial charge in [-0.25, -0.2) is 4.39 Å². The van der Waals surface area contributed by atoms with Gasteiger partial charge in [0.05, 0.1) is 0 Å². The van der Waals surface area contributed by atoms with Crippen LogP contribution in [0.3, 0.4) is 0 Å². The molecular formula is C16H16FN3O3. The molecule has 1 saturated heterocycles. The number of nitrogens with zero attached hydrogens (tertiary/aromatic N) is 2. The lowest BCUT2D eigenvalue weighted by Gasteiger charge is -2.35. The van der Waals surface area contributed by atoms with E-state index < -0.39 is 10.9 Å². The minimum absolute atomic E-state index is 0.268. The lowest BCUT2D eigenvalue weighted by atomic mass is 10.1. The number of anilines is 2. The highest BCUT2D eigenvalue weighted by molar-refractivity contribution is 5.75. The molecule has 0 aromatic heterocycles. The number of carbonyl (C=O) groups is 1. The fourth-order valence-electron chi connectivity index (χ4n) is 2.73. The number of halogens is 1. The molecule has 7 heteroatoms. The number of rotatable bonds is 5. The molecule has 0 bridgehead atoms. The van der Waals surface area contributed by atoms with Crippen molar-refractivity contribution in [2.75, 3.05) is 36.4 Å². The van der Waals surface area contributed by atoms with E-state index in [4.69, 9.17) is 0 Å². The summed E-state index contributed by atoms with van der Waals surface area (Å²) in [6.07, 6.45) is 0.780. The fourth-order valence-corrected chi connectivity index (χ4v) is 2.73. The predicted octanol–water partition coefficient (Wildman–Crippen LogP) is 0.312. The Morgan fingerprint density at radius 1 is 1.13 bits per heavy atom. The molecule has 0 spiro atoms. The number of nitrogens with one attached hydrogen (secondary N) is 1. The third-order valence-corrected chi connectivity index (χ3v) is 4.02. The highest BCUT2D eigenvalue weighted by Crippen LogP contribution is 2.22. The maximum atomic E-state index is 13.2. The summed E-state index contributed by atoms with van der Waals surface area (Å²) in [5.74, 6) is -0.348. The third-order valence-electron chi connectivity index (χ3n) is 4.02. The molecule has 1 aliphatic heterocycles. The summed E-state index contributed by atoms with van der Waals surface area (Å²) in [7, 11) is 0. The van der Waals surface area contributed by atoms with Crippen LogP contribution in [0.4, 0.5) is 15.8 Å². The molecule has 23 heavy (non-hydrogen) atoms. The van der Waals surface area contributed by atoms with Gasteiger partial charge in [-0.1, -0.05) is 12.1 Å². The maximum absolute atomic E-state index is 13.2. The number of hydrogen-bond acceptors (Lipinski definition) is 5. The van der Waals surface area contributed by atoms with Crippen LogP contribution >= 0.6 is 0 Å². The highest BCUT2D eigenvalue weighted by Gasteiger charge is 2.28. The van der Waals surface area contributed by atoms with E-state index in [1.54, 1.807) is 17.0 Å². The van der Waals surface area contributed by atoms with Crippen molar-refractivity contribution in [3.05, 3.63) is 56.1 Å². The zero-order valence-corrected chi connectivity index (χ0v) is 12.4. The molecule has 3 rings (SSSR count). The Labute approximate surface area is 131 Å². The van der Waals surface area contributed by atoms with Gasteiger partial charge in [-0.3, -0.25) is 14.4 Å². The van der Waals surface area contributed by atoms with Crippen LogP contribution in [0.15, 0.2) is 33.9 Å². The fraction of sp³-hybridized carbons (Fsp3) is 0.312. The van der Waals surface area contributed by atoms with Crippen LogP contribution in [-0.4, -0.2) is 37.5 Å². The van der Waals surface area contributed by atoms with E-state index in [0.29, 0.717) is 37.4 Å². The Morgan fingerprint density at radius 2 is 1.87 bits per heavy atom. The van der Waals surface area contributed by atoms with Crippen LogP contribution in [0, 0.1) is 5.82 Å². The number of carbonyl (C=O) groups excluding carboxylic acids is 1. The van der Waals surface area contributed by atoms with Crippen molar-refractivity contribution in [3.8, 4) is 0 Å². The van der Waals surface area contributed by atoms with Gasteiger partial charge in [0.25, 0.3) is 10.9 Å². The second-order valence-electron chi connectivity index (χ2n) is 5.49. The molecule has 0 unspecified atom stereocenters. The van der Waals surface area contributed by atoms with Crippen LogP contribution < -0.4 is 21.1 Å². The Morgan fingerprint density at radius 3 is 2.52 bits per heavy atom. The SMILES string of the molecule is O=CN1CCN(c2c(NCc3cccc(F)c3)c(=O)c2=O)CC1. The van der Waals surface area contributed by atoms with E-state index >= 15 is 0 Å². The van der Waals surface area contributed by atoms with Gasteiger partial charge in [0.1, 0.15) is 17.2 Å². The minimum atomic E-state index is -0.547. The van der Waals surface area contributed by atoms with Gasteiger partial charge in [0, 0.05) is 32.7 Å².